The fourth-order valence-corrected chi connectivity index (χ4v) is 2.19. The summed E-state index contributed by atoms with van der Waals surface area (Å²) in [5.41, 5.74) is 2.15. The highest BCUT2D eigenvalue weighted by Gasteiger charge is 2.19. The number of rotatable bonds is 5. The van der Waals surface area contributed by atoms with Gasteiger partial charge < -0.3 is 10.1 Å². The van der Waals surface area contributed by atoms with Crippen LogP contribution in [0.1, 0.15) is 42.6 Å². The number of nitrogens with one attached hydrogen (secondary N) is 1. The summed E-state index contributed by atoms with van der Waals surface area (Å²) in [5, 5.41) is 3.26. The number of carbonyl (C=O) groups is 2. The second kappa shape index (κ2) is 7.97. The summed E-state index contributed by atoms with van der Waals surface area (Å²) < 4.78 is 5.22. The molecule has 1 atom stereocenters. The van der Waals surface area contributed by atoms with E-state index in [9.17, 15) is 9.59 Å². The lowest BCUT2D eigenvalue weighted by molar-refractivity contribution is -0.123. The number of amides is 1. The standard InChI is InChI=1S/C19H20ClNO3/c1-12(2)14-4-6-15(7-5-14)19(23)24-13(3)18(22)21-17-10-8-16(20)9-11-17/h4-13H,1-3H3,(H,21,22)/t13-/m0/s1. The molecule has 0 aliphatic heterocycles. The van der Waals surface area contributed by atoms with Crippen LogP contribution in [-0.2, 0) is 9.53 Å². The fraction of sp³-hybridized carbons (Fsp3) is 0.263. The topological polar surface area (TPSA) is 55.4 Å². The molecule has 1 N–H and O–H groups in total. The van der Waals surface area contributed by atoms with E-state index < -0.39 is 18.0 Å². The summed E-state index contributed by atoms with van der Waals surface area (Å²) in [5.74, 6) is -0.535. The molecule has 0 aromatic heterocycles. The van der Waals surface area contributed by atoms with Gasteiger partial charge in [0.25, 0.3) is 5.91 Å². The number of anilines is 1. The minimum atomic E-state index is -0.905. The minimum Gasteiger partial charge on any atom is -0.449 e. The summed E-state index contributed by atoms with van der Waals surface area (Å²) in [7, 11) is 0. The number of benzene rings is 2. The molecule has 2 rings (SSSR count). The molecule has 4 nitrogen and oxygen atoms in total. The van der Waals surface area contributed by atoms with Gasteiger partial charge >= 0.3 is 5.97 Å². The second-order valence-electron chi connectivity index (χ2n) is 5.82. The Hall–Kier alpha value is -2.33. The third-order valence-electron chi connectivity index (χ3n) is 3.58. The van der Waals surface area contributed by atoms with Gasteiger partial charge in [-0.3, -0.25) is 4.79 Å². The van der Waals surface area contributed by atoms with Crippen molar-refractivity contribution in [2.45, 2.75) is 32.8 Å². The van der Waals surface area contributed by atoms with Crippen molar-refractivity contribution in [3.8, 4) is 0 Å². The van der Waals surface area contributed by atoms with E-state index >= 15 is 0 Å². The molecule has 0 radical (unpaired) electrons. The first-order valence-electron chi connectivity index (χ1n) is 7.74. The average molecular weight is 346 g/mol. The lowest BCUT2D eigenvalue weighted by atomic mass is 10.0. The lowest BCUT2D eigenvalue weighted by Gasteiger charge is -2.14. The van der Waals surface area contributed by atoms with E-state index in [1.165, 1.54) is 6.92 Å². The van der Waals surface area contributed by atoms with Crippen LogP contribution >= 0.6 is 11.6 Å². The van der Waals surface area contributed by atoms with Crippen molar-refractivity contribution < 1.29 is 14.3 Å². The molecule has 0 aliphatic carbocycles. The van der Waals surface area contributed by atoms with Gasteiger partial charge in [0.2, 0.25) is 0 Å². The summed E-state index contributed by atoms with van der Waals surface area (Å²) in [6.45, 7) is 5.69. The van der Waals surface area contributed by atoms with Crippen LogP contribution in [0.15, 0.2) is 48.5 Å². The predicted molar refractivity (Wildman–Crippen MR) is 95.5 cm³/mol. The van der Waals surface area contributed by atoms with E-state index in [4.69, 9.17) is 16.3 Å². The number of hydrogen-bond donors (Lipinski definition) is 1. The van der Waals surface area contributed by atoms with Gasteiger partial charge in [-0.25, -0.2) is 4.79 Å². The Balaban J connectivity index is 1.94. The minimum absolute atomic E-state index is 0.388. The highest BCUT2D eigenvalue weighted by molar-refractivity contribution is 6.30. The summed E-state index contributed by atoms with van der Waals surface area (Å²) >= 11 is 5.80. The van der Waals surface area contributed by atoms with Gasteiger partial charge in [-0.15, -0.1) is 0 Å². The van der Waals surface area contributed by atoms with E-state index in [-0.39, 0.29) is 0 Å². The van der Waals surface area contributed by atoms with Crippen LogP contribution in [0.25, 0.3) is 0 Å². The van der Waals surface area contributed by atoms with Gasteiger partial charge in [0, 0.05) is 10.7 Å². The van der Waals surface area contributed by atoms with E-state index in [1.54, 1.807) is 36.4 Å². The van der Waals surface area contributed by atoms with E-state index in [0.717, 1.165) is 5.56 Å². The van der Waals surface area contributed by atoms with Crippen molar-refractivity contribution in [2.24, 2.45) is 0 Å². The zero-order valence-corrected chi connectivity index (χ0v) is 14.6. The van der Waals surface area contributed by atoms with Crippen molar-refractivity contribution in [3.05, 3.63) is 64.7 Å². The molecule has 126 valence electrons. The first kappa shape index (κ1) is 18.0. The van der Waals surface area contributed by atoms with Gasteiger partial charge in [-0.1, -0.05) is 37.6 Å². The van der Waals surface area contributed by atoms with Gasteiger partial charge in [0.05, 0.1) is 5.56 Å². The first-order chi connectivity index (χ1) is 11.4. The van der Waals surface area contributed by atoms with E-state index in [2.05, 4.69) is 19.2 Å². The molecule has 0 fully saturated rings. The Morgan fingerprint density at radius 3 is 2.08 bits per heavy atom. The Kier molecular flexibility index (Phi) is 5.99. The molecule has 24 heavy (non-hydrogen) atoms. The SMILES string of the molecule is CC(C)c1ccc(C(=O)O[C@@H](C)C(=O)Nc2ccc(Cl)cc2)cc1. The molecule has 0 saturated heterocycles. The maximum atomic E-state index is 12.1. The molecule has 2 aromatic carbocycles. The van der Waals surface area contributed by atoms with Crippen LogP contribution in [0.5, 0.6) is 0 Å². The van der Waals surface area contributed by atoms with Gasteiger partial charge in [0.1, 0.15) is 0 Å². The Morgan fingerprint density at radius 1 is 0.958 bits per heavy atom. The molecule has 0 aliphatic rings. The molecule has 0 spiro atoms. The lowest BCUT2D eigenvalue weighted by Crippen LogP contribution is -2.30. The van der Waals surface area contributed by atoms with Crippen molar-refractivity contribution in [3.63, 3.8) is 0 Å². The highest BCUT2D eigenvalue weighted by atomic mass is 35.5. The van der Waals surface area contributed by atoms with Crippen LogP contribution in [0, 0.1) is 0 Å². The second-order valence-corrected chi connectivity index (χ2v) is 6.26. The zero-order valence-electron chi connectivity index (χ0n) is 13.9. The number of ether oxygens (including phenoxy) is 1. The van der Waals surface area contributed by atoms with Gasteiger partial charge in [0.15, 0.2) is 6.10 Å². The zero-order chi connectivity index (χ0) is 17.7. The van der Waals surface area contributed by atoms with Crippen LogP contribution in [0.3, 0.4) is 0 Å². The summed E-state index contributed by atoms with van der Waals surface area (Å²) in [4.78, 5) is 24.2. The monoisotopic (exact) mass is 345 g/mol. The van der Waals surface area contributed by atoms with Crippen molar-refractivity contribution in [1.82, 2.24) is 0 Å². The molecule has 1 amide bonds. The number of carbonyl (C=O) groups excluding carboxylic acids is 2. The fourth-order valence-electron chi connectivity index (χ4n) is 2.06. The average Bonchev–Trinajstić information content (AvgIpc) is 2.56. The van der Waals surface area contributed by atoms with E-state index in [0.29, 0.717) is 22.2 Å². The first-order valence-corrected chi connectivity index (χ1v) is 8.12. The maximum absolute atomic E-state index is 12.1. The van der Waals surface area contributed by atoms with Crippen LogP contribution in [0.4, 0.5) is 5.69 Å². The van der Waals surface area contributed by atoms with Crippen LogP contribution in [0.2, 0.25) is 5.02 Å². The molecule has 0 unspecified atom stereocenters. The van der Waals surface area contributed by atoms with Gasteiger partial charge in [-0.2, -0.15) is 0 Å². The molecule has 0 bridgehead atoms. The number of esters is 1. The largest absolute Gasteiger partial charge is 0.449 e. The quantitative estimate of drug-likeness (QED) is 0.802. The van der Waals surface area contributed by atoms with Crippen LogP contribution in [-0.4, -0.2) is 18.0 Å². The maximum Gasteiger partial charge on any atom is 0.338 e. The number of halogens is 1. The predicted octanol–water partition coefficient (Wildman–Crippen LogP) is 4.65. The van der Waals surface area contributed by atoms with Crippen molar-refractivity contribution >= 4 is 29.2 Å². The summed E-state index contributed by atoms with van der Waals surface area (Å²) in [6.07, 6.45) is -0.905. The van der Waals surface area contributed by atoms with E-state index in [1.807, 2.05) is 12.1 Å². The molecular weight excluding hydrogens is 326 g/mol. The highest BCUT2D eigenvalue weighted by Crippen LogP contribution is 2.16. The molecule has 0 saturated carbocycles. The van der Waals surface area contributed by atoms with Gasteiger partial charge in [-0.05, 0) is 54.8 Å². The normalized spacial score (nSPS) is 11.9. The number of hydrogen-bond acceptors (Lipinski definition) is 3. The Labute approximate surface area is 146 Å². The third kappa shape index (κ3) is 4.83. The van der Waals surface area contributed by atoms with Crippen molar-refractivity contribution in [2.75, 3.05) is 5.32 Å². The third-order valence-corrected chi connectivity index (χ3v) is 3.83. The molecule has 2 aromatic rings. The van der Waals surface area contributed by atoms with Crippen LogP contribution < -0.4 is 5.32 Å². The van der Waals surface area contributed by atoms with Crippen molar-refractivity contribution in [1.29, 1.82) is 0 Å². The molecule has 5 heteroatoms. The molecule has 0 heterocycles. The molecular formula is C19H20ClNO3. The Morgan fingerprint density at radius 2 is 1.54 bits per heavy atom. The smallest absolute Gasteiger partial charge is 0.338 e. The Bertz CT molecular complexity index is 708. The summed E-state index contributed by atoms with van der Waals surface area (Å²) in [6, 6.07) is 13.9.